The molecule has 4 aromatic rings. The second-order valence-corrected chi connectivity index (χ2v) is 6.16. The topological polar surface area (TPSA) is 43.1 Å². The highest BCUT2D eigenvalue weighted by Crippen LogP contribution is 2.25. The van der Waals surface area contributed by atoms with E-state index in [1.165, 1.54) is 0 Å². The number of benzene rings is 3. The molecule has 0 radical (unpaired) electrons. The summed E-state index contributed by atoms with van der Waals surface area (Å²) in [6.07, 6.45) is 0. The number of fused-ring (bicyclic) bond motifs is 1. The van der Waals surface area contributed by atoms with E-state index < -0.39 is 0 Å². The molecule has 4 rings (SSSR count). The summed E-state index contributed by atoms with van der Waals surface area (Å²) in [5.74, 6) is 0.708. The first-order chi connectivity index (χ1) is 12.2. The van der Waals surface area contributed by atoms with E-state index in [0.717, 1.165) is 27.8 Å². The predicted octanol–water partition coefficient (Wildman–Crippen LogP) is 5.02. The zero-order valence-electron chi connectivity index (χ0n) is 13.6. The van der Waals surface area contributed by atoms with E-state index in [1.54, 1.807) is 4.68 Å². The lowest BCUT2D eigenvalue weighted by atomic mass is 10.1. The maximum Gasteiger partial charge on any atom is 0.163 e. The van der Waals surface area contributed by atoms with Crippen molar-refractivity contribution < 1.29 is 0 Å². The van der Waals surface area contributed by atoms with Crippen molar-refractivity contribution in [2.24, 2.45) is 4.99 Å². The molecule has 0 fully saturated rings. The van der Waals surface area contributed by atoms with Crippen LogP contribution in [0.4, 0.5) is 5.69 Å². The summed E-state index contributed by atoms with van der Waals surface area (Å²) in [6, 6.07) is 23.5. The number of aromatic nitrogens is 3. The van der Waals surface area contributed by atoms with E-state index in [4.69, 9.17) is 16.6 Å². The Labute approximate surface area is 150 Å². The largest absolute Gasteiger partial charge is 0.228 e. The van der Waals surface area contributed by atoms with Gasteiger partial charge in [-0.1, -0.05) is 65.3 Å². The maximum absolute atomic E-state index is 6.16. The van der Waals surface area contributed by atoms with Crippen LogP contribution in [0.2, 0.25) is 5.02 Å². The second-order valence-electron chi connectivity index (χ2n) is 5.72. The van der Waals surface area contributed by atoms with Crippen molar-refractivity contribution in [2.45, 2.75) is 6.92 Å². The molecule has 1 aromatic heterocycles. The highest BCUT2D eigenvalue weighted by molar-refractivity contribution is 6.30. The zero-order chi connectivity index (χ0) is 17.2. The lowest BCUT2D eigenvalue weighted by Crippen LogP contribution is -2.15. The number of aryl methyl sites for hydroxylation is 1. The molecule has 0 saturated carbocycles. The van der Waals surface area contributed by atoms with Crippen LogP contribution in [0.25, 0.3) is 11.0 Å². The van der Waals surface area contributed by atoms with Crippen molar-refractivity contribution in [2.75, 3.05) is 0 Å². The first-order valence-electron chi connectivity index (χ1n) is 7.93. The highest BCUT2D eigenvalue weighted by Gasteiger charge is 2.13. The molecule has 0 aliphatic heterocycles. The number of rotatable bonds is 2. The molecule has 0 N–H and O–H groups in total. The molecule has 0 bridgehead atoms. The Bertz CT molecular complexity index is 1070. The van der Waals surface area contributed by atoms with E-state index in [-0.39, 0.29) is 0 Å². The van der Waals surface area contributed by atoms with E-state index in [1.807, 2.05) is 79.7 Å². The molecule has 25 heavy (non-hydrogen) atoms. The number of halogens is 1. The summed E-state index contributed by atoms with van der Waals surface area (Å²) in [5, 5.41) is 9.23. The first-order valence-corrected chi connectivity index (χ1v) is 8.31. The smallest absolute Gasteiger partial charge is 0.163 e. The Kier molecular flexibility index (Phi) is 4.04. The molecular formula is C20H15ClN4. The van der Waals surface area contributed by atoms with E-state index >= 15 is 0 Å². The monoisotopic (exact) mass is 346 g/mol. The average Bonchev–Trinajstić information content (AvgIpc) is 3.07. The molecule has 3 aromatic carbocycles. The normalized spacial score (nSPS) is 11.8. The number of nitrogens with zero attached hydrogens (tertiary/aromatic N) is 4. The van der Waals surface area contributed by atoms with Gasteiger partial charge in [0.15, 0.2) is 5.84 Å². The van der Waals surface area contributed by atoms with Crippen molar-refractivity contribution in [3.8, 4) is 0 Å². The summed E-state index contributed by atoms with van der Waals surface area (Å²) in [4.78, 5) is 4.87. The van der Waals surface area contributed by atoms with Gasteiger partial charge in [-0.15, -0.1) is 5.10 Å². The van der Waals surface area contributed by atoms with Crippen molar-refractivity contribution in [3.05, 3.63) is 88.9 Å². The van der Waals surface area contributed by atoms with Gasteiger partial charge in [0.25, 0.3) is 0 Å². The fraction of sp³-hybridized carbons (Fsp3) is 0.0500. The molecule has 0 spiro atoms. The molecule has 1 heterocycles. The number of hydrogen-bond donors (Lipinski definition) is 0. The van der Waals surface area contributed by atoms with Crippen LogP contribution < -0.4 is 0 Å². The van der Waals surface area contributed by atoms with E-state index in [0.29, 0.717) is 10.9 Å². The van der Waals surface area contributed by atoms with E-state index in [2.05, 4.69) is 10.3 Å². The van der Waals surface area contributed by atoms with Crippen LogP contribution in [-0.2, 0) is 0 Å². The van der Waals surface area contributed by atoms with Gasteiger partial charge in [-0.2, -0.15) is 4.68 Å². The third-order valence-electron chi connectivity index (χ3n) is 3.98. The fourth-order valence-corrected chi connectivity index (χ4v) is 2.83. The number of aliphatic imine (C=N–C) groups is 1. The summed E-state index contributed by atoms with van der Waals surface area (Å²) in [7, 11) is 0. The number of hydrogen-bond acceptors (Lipinski definition) is 3. The Balaban J connectivity index is 1.97. The maximum atomic E-state index is 6.16. The number of para-hydroxylation sites is 1. The zero-order valence-corrected chi connectivity index (χ0v) is 14.4. The molecule has 0 unspecified atom stereocenters. The van der Waals surface area contributed by atoms with Gasteiger partial charge in [0, 0.05) is 10.6 Å². The van der Waals surface area contributed by atoms with Gasteiger partial charge in [0.2, 0.25) is 0 Å². The average molecular weight is 347 g/mol. The van der Waals surface area contributed by atoms with Crippen molar-refractivity contribution in [1.29, 1.82) is 0 Å². The lowest BCUT2D eigenvalue weighted by molar-refractivity contribution is 0.861. The predicted molar refractivity (Wildman–Crippen MR) is 102 cm³/mol. The van der Waals surface area contributed by atoms with Crippen LogP contribution in [0, 0.1) is 6.92 Å². The third-order valence-corrected chi connectivity index (χ3v) is 4.22. The van der Waals surface area contributed by atoms with Gasteiger partial charge in [-0.3, -0.25) is 0 Å². The minimum absolute atomic E-state index is 0.653. The van der Waals surface area contributed by atoms with Crippen LogP contribution >= 0.6 is 11.6 Å². The Morgan fingerprint density at radius 1 is 0.960 bits per heavy atom. The van der Waals surface area contributed by atoms with Gasteiger partial charge < -0.3 is 0 Å². The summed E-state index contributed by atoms with van der Waals surface area (Å²) < 4.78 is 1.77. The molecule has 0 amide bonds. The van der Waals surface area contributed by atoms with Crippen molar-refractivity contribution in [3.63, 3.8) is 0 Å². The second kappa shape index (κ2) is 6.49. The lowest BCUT2D eigenvalue weighted by Gasteiger charge is -2.09. The molecule has 0 aliphatic carbocycles. The molecule has 4 nitrogen and oxygen atoms in total. The quantitative estimate of drug-likeness (QED) is 0.378. The molecule has 122 valence electrons. The fourth-order valence-electron chi connectivity index (χ4n) is 2.66. The van der Waals surface area contributed by atoms with E-state index in [9.17, 15) is 0 Å². The summed E-state index contributed by atoms with van der Waals surface area (Å²) in [6.45, 7) is 2.01. The highest BCUT2D eigenvalue weighted by atomic mass is 35.5. The van der Waals surface area contributed by atoms with Gasteiger partial charge in [-0.05, 0) is 36.8 Å². The van der Waals surface area contributed by atoms with Gasteiger partial charge >= 0.3 is 0 Å². The van der Waals surface area contributed by atoms with Crippen molar-refractivity contribution in [1.82, 2.24) is 15.0 Å². The Morgan fingerprint density at radius 3 is 2.56 bits per heavy atom. The van der Waals surface area contributed by atoms with Gasteiger partial charge in [0.1, 0.15) is 5.52 Å². The van der Waals surface area contributed by atoms with Crippen molar-refractivity contribution >= 4 is 34.2 Å². The Hall–Kier alpha value is -2.98. The van der Waals surface area contributed by atoms with Crippen LogP contribution in [-0.4, -0.2) is 20.8 Å². The first kappa shape index (κ1) is 15.5. The molecule has 0 atom stereocenters. The summed E-state index contributed by atoms with van der Waals surface area (Å²) >= 11 is 6.16. The van der Waals surface area contributed by atoms with Gasteiger partial charge in [-0.25, -0.2) is 4.99 Å². The Morgan fingerprint density at radius 2 is 1.72 bits per heavy atom. The van der Waals surface area contributed by atoms with Crippen LogP contribution in [0.5, 0.6) is 0 Å². The van der Waals surface area contributed by atoms with Crippen LogP contribution in [0.3, 0.4) is 0 Å². The van der Waals surface area contributed by atoms with Gasteiger partial charge in [0.05, 0.1) is 11.2 Å². The molecule has 0 aliphatic rings. The standard InChI is InChI=1S/C20H15ClN4/c1-14-11-12-16(21)13-18(14)22-20(15-7-3-2-4-8-15)25-19-10-6-5-9-17(19)23-24-25/h2-13H,1H3. The minimum Gasteiger partial charge on any atom is -0.228 e. The third kappa shape index (κ3) is 3.04. The molecule has 0 saturated heterocycles. The minimum atomic E-state index is 0.653. The molecular weight excluding hydrogens is 332 g/mol. The van der Waals surface area contributed by atoms with Crippen LogP contribution in [0.1, 0.15) is 11.1 Å². The molecule has 5 heteroatoms. The SMILES string of the molecule is Cc1ccc(Cl)cc1N=C(c1ccccc1)n1nnc2ccccc21. The summed E-state index contributed by atoms with van der Waals surface area (Å²) in [5.41, 5.74) is 4.55. The van der Waals surface area contributed by atoms with Crippen LogP contribution in [0.15, 0.2) is 77.8 Å².